The minimum absolute atomic E-state index is 0.620. The number of hydrogen-bond acceptors (Lipinski definition) is 3. The van der Waals surface area contributed by atoms with Gasteiger partial charge in [-0.2, -0.15) is 0 Å². The standard InChI is InChI=1S/C17H18Cl3NO2/c1-22-16-7-12(15(20)9-17(16)23-2)10-21-6-5-11-3-4-13(18)8-14(11)19/h3-4,7-9,21H,5-6,10H2,1-2H3. The lowest BCUT2D eigenvalue weighted by Gasteiger charge is -2.12. The van der Waals surface area contributed by atoms with Crippen molar-refractivity contribution in [2.75, 3.05) is 20.8 Å². The highest BCUT2D eigenvalue weighted by atomic mass is 35.5. The molecule has 0 radical (unpaired) electrons. The van der Waals surface area contributed by atoms with Gasteiger partial charge in [-0.3, -0.25) is 0 Å². The Bertz CT molecular complexity index is 677. The summed E-state index contributed by atoms with van der Waals surface area (Å²) in [5.74, 6) is 1.28. The zero-order valence-corrected chi connectivity index (χ0v) is 15.2. The first-order valence-corrected chi connectivity index (χ1v) is 8.23. The molecule has 0 atom stereocenters. The van der Waals surface area contributed by atoms with Crippen molar-refractivity contribution in [3.63, 3.8) is 0 Å². The third kappa shape index (κ3) is 4.92. The third-order valence-corrected chi connectivity index (χ3v) is 4.39. The average molecular weight is 375 g/mol. The molecule has 3 nitrogen and oxygen atoms in total. The molecular formula is C17H18Cl3NO2. The summed E-state index contributed by atoms with van der Waals surface area (Å²) in [5, 5.41) is 5.31. The van der Waals surface area contributed by atoms with E-state index in [-0.39, 0.29) is 0 Å². The molecule has 0 saturated heterocycles. The molecule has 2 rings (SSSR count). The lowest BCUT2D eigenvalue weighted by Crippen LogP contribution is -2.17. The molecule has 0 saturated carbocycles. The van der Waals surface area contributed by atoms with Crippen molar-refractivity contribution < 1.29 is 9.47 Å². The van der Waals surface area contributed by atoms with E-state index in [1.165, 1.54) is 0 Å². The minimum Gasteiger partial charge on any atom is -0.493 e. The average Bonchev–Trinajstić information content (AvgIpc) is 2.54. The first-order valence-electron chi connectivity index (χ1n) is 7.10. The number of nitrogens with one attached hydrogen (secondary N) is 1. The van der Waals surface area contributed by atoms with Crippen molar-refractivity contribution in [2.45, 2.75) is 13.0 Å². The molecule has 6 heteroatoms. The summed E-state index contributed by atoms with van der Waals surface area (Å²) in [6, 6.07) is 9.17. The third-order valence-electron chi connectivity index (χ3n) is 3.45. The molecule has 2 aromatic rings. The fourth-order valence-corrected chi connectivity index (χ4v) is 2.93. The van der Waals surface area contributed by atoms with Crippen LogP contribution in [0, 0.1) is 0 Å². The van der Waals surface area contributed by atoms with Crippen molar-refractivity contribution in [1.29, 1.82) is 0 Å². The normalized spacial score (nSPS) is 10.7. The Morgan fingerprint density at radius 1 is 0.870 bits per heavy atom. The van der Waals surface area contributed by atoms with Crippen LogP contribution in [0.4, 0.5) is 0 Å². The van der Waals surface area contributed by atoms with E-state index < -0.39 is 0 Å². The SMILES string of the molecule is COc1cc(Cl)c(CNCCc2ccc(Cl)cc2Cl)cc1OC. The fraction of sp³-hybridized carbons (Fsp3) is 0.294. The summed E-state index contributed by atoms with van der Waals surface area (Å²) >= 11 is 18.3. The van der Waals surface area contributed by atoms with Gasteiger partial charge < -0.3 is 14.8 Å². The Balaban J connectivity index is 1.93. The highest BCUT2D eigenvalue weighted by Crippen LogP contribution is 2.33. The van der Waals surface area contributed by atoms with Gasteiger partial charge in [-0.15, -0.1) is 0 Å². The van der Waals surface area contributed by atoms with Crippen LogP contribution >= 0.6 is 34.8 Å². The van der Waals surface area contributed by atoms with Crippen molar-refractivity contribution in [2.24, 2.45) is 0 Å². The number of rotatable bonds is 7. The van der Waals surface area contributed by atoms with Crippen molar-refractivity contribution in [1.82, 2.24) is 5.32 Å². The van der Waals surface area contributed by atoms with Gasteiger partial charge in [0.25, 0.3) is 0 Å². The van der Waals surface area contributed by atoms with E-state index in [2.05, 4.69) is 5.32 Å². The van der Waals surface area contributed by atoms with Crippen molar-refractivity contribution in [3.8, 4) is 11.5 Å². The maximum Gasteiger partial charge on any atom is 0.162 e. The lowest BCUT2D eigenvalue weighted by atomic mass is 10.1. The highest BCUT2D eigenvalue weighted by Gasteiger charge is 2.09. The Morgan fingerprint density at radius 2 is 1.52 bits per heavy atom. The molecule has 0 spiro atoms. The first-order chi connectivity index (χ1) is 11.0. The van der Waals surface area contributed by atoms with Gasteiger partial charge in [0.05, 0.1) is 14.2 Å². The molecule has 0 amide bonds. The number of ether oxygens (including phenoxy) is 2. The van der Waals surface area contributed by atoms with Gasteiger partial charge in [0.15, 0.2) is 11.5 Å². The van der Waals surface area contributed by atoms with Crippen LogP contribution < -0.4 is 14.8 Å². The van der Waals surface area contributed by atoms with E-state index in [4.69, 9.17) is 44.3 Å². The Hall–Kier alpha value is -1.13. The van der Waals surface area contributed by atoms with Crippen LogP contribution in [0.1, 0.15) is 11.1 Å². The largest absolute Gasteiger partial charge is 0.493 e. The van der Waals surface area contributed by atoms with Crippen molar-refractivity contribution >= 4 is 34.8 Å². The van der Waals surface area contributed by atoms with E-state index in [1.807, 2.05) is 18.2 Å². The van der Waals surface area contributed by atoms with E-state index in [1.54, 1.807) is 26.4 Å². The second-order valence-electron chi connectivity index (χ2n) is 4.96. The van der Waals surface area contributed by atoms with Gasteiger partial charge in [-0.05, 0) is 42.3 Å². The maximum atomic E-state index is 6.26. The van der Waals surface area contributed by atoms with Crippen LogP contribution in [0.5, 0.6) is 11.5 Å². The van der Waals surface area contributed by atoms with E-state index >= 15 is 0 Å². The summed E-state index contributed by atoms with van der Waals surface area (Å²) in [7, 11) is 3.19. The van der Waals surface area contributed by atoms with Gasteiger partial charge in [0.2, 0.25) is 0 Å². The smallest absolute Gasteiger partial charge is 0.162 e. The predicted octanol–water partition coefficient (Wildman–Crippen LogP) is 5.00. The number of benzene rings is 2. The molecule has 0 aliphatic heterocycles. The molecule has 1 N–H and O–H groups in total. The zero-order valence-electron chi connectivity index (χ0n) is 13.0. The molecule has 0 aliphatic rings. The van der Waals surface area contributed by atoms with Crippen molar-refractivity contribution in [3.05, 3.63) is 56.5 Å². The number of methoxy groups -OCH3 is 2. The molecule has 0 heterocycles. The van der Waals surface area contributed by atoms with Gasteiger partial charge in [-0.25, -0.2) is 0 Å². The summed E-state index contributed by atoms with van der Waals surface area (Å²) in [4.78, 5) is 0. The van der Waals surface area contributed by atoms with Crippen LogP contribution in [-0.4, -0.2) is 20.8 Å². The van der Waals surface area contributed by atoms with Gasteiger partial charge in [-0.1, -0.05) is 40.9 Å². The number of hydrogen-bond donors (Lipinski definition) is 1. The zero-order chi connectivity index (χ0) is 16.8. The van der Waals surface area contributed by atoms with E-state index in [0.29, 0.717) is 33.1 Å². The second-order valence-corrected chi connectivity index (χ2v) is 6.21. The fourth-order valence-electron chi connectivity index (χ4n) is 2.20. The van der Waals surface area contributed by atoms with E-state index in [9.17, 15) is 0 Å². The molecule has 23 heavy (non-hydrogen) atoms. The molecular weight excluding hydrogens is 357 g/mol. The monoisotopic (exact) mass is 373 g/mol. The van der Waals surface area contributed by atoms with Crippen LogP contribution in [0.2, 0.25) is 15.1 Å². The van der Waals surface area contributed by atoms with Gasteiger partial charge in [0.1, 0.15) is 0 Å². The van der Waals surface area contributed by atoms with Gasteiger partial charge in [0, 0.05) is 27.7 Å². The molecule has 0 fully saturated rings. The Morgan fingerprint density at radius 3 is 2.17 bits per heavy atom. The summed E-state index contributed by atoms with van der Waals surface area (Å²) in [6.07, 6.45) is 0.806. The van der Waals surface area contributed by atoms with Gasteiger partial charge >= 0.3 is 0 Å². The van der Waals surface area contributed by atoms with Crippen LogP contribution in [0.15, 0.2) is 30.3 Å². The molecule has 0 aromatic heterocycles. The quantitative estimate of drug-likeness (QED) is 0.692. The molecule has 0 aliphatic carbocycles. The van der Waals surface area contributed by atoms with E-state index in [0.717, 1.165) is 24.1 Å². The van der Waals surface area contributed by atoms with Crippen LogP contribution in [0.25, 0.3) is 0 Å². The highest BCUT2D eigenvalue weighted by molar-refractivity contribution is 6.35. The summed E-state index contributed by atoms with van der Waals surface area (Å²) < 4.78 is 10.5. The summed E-state index contributed by atoms with van der Waals surface area (Å²) in [6.45, 7) is 1.40. The lowest BCUT2D eigenvalue weighted by molar-refractivity contribution is 0.354. The second kappa shape index (κ2) is 8.65. The number of halogens is 3. The topological polar surface area (TPSA) is 30.5 Å². The molecule has 0 bridgehead atoms. The first kappa shape index (κ1) is 18.2. The van der Waals surface area contributed by atoms with Crippen LogP contribution in [-0.2, 0) is 13.0 Å². The Kier molecular flexibility index (Phi) is 6.85. The molecule has 0 unspecified atom stereocenters. The minimum atomic E-state index is 0.620. The molecule has 2 aromatic carbocycles. The van der Waals surface area contributed by atoms with Crippen LogP contribution in [0.3, 0.4) is 0 Å². The molecule has 124 valence electrons. The Labute approximate surface area is 151 Å². The maximum absolute atomic E-state index is 6.26. The predicted molar refractivity (Wildman–Crippen MR) is 96.4 cm³/mol. The summed E-state index contributed by atoms with van der Waals surface area (Å²) in [5.41, 5.74) is 2.01.